The number of nitrogens with one attached hydrogen (secondary N) is 1. The highest BCUT2D eigenvalue weighted by atomic mass is 16.2. The average molecular weight is 350 g/mol. The first-order chi connectivity index (χ1) is 12.4. The molecule has 1 heterocycles. The molecule has 1 fully saturated rings. The number of benzene rings is 2. The summed E-state index contributed by atoms with van der Waals surface area (Å²) in [6.45, 7) is 7.29. The molecule has 0 aliphatic carbocycles. The normalized spacial score (nSPS) is 17.0. The van der Waals surface area contributed by atoms with Gasteiger partial charge in [-0.25, -0.2) is 0 Å². The van der Waals surface area contributed by atoms with Gasteiger partial charge in [0.1, 0.15) is 0 Å². The molecule has 4 heteroatoms. The number of para-hydroxylation sites is 1. The van der Waals surface area contributed by atoms with Crippen LogP contribution in [0.5, 0.6) is 0 Å². The lowest BCUT2D eigenvalue weighted by molar-refractivity contribution is -0.128. The Balaban J connectivity index is 1.65. The predicted octanol–water partition coefficient (Wildman–Crippen LogP) is 4.11. The molecule has 0 aromatic heterocycles. The van der Waals surface area contributed by atoms with Crippen LogP contribution in [0.1, 0.15) is 42.9 Å². The monoisotopic (exact) mass is 350 g/mol. The van der Waals surface area contributed by atoms with Crippen molar-refractivity contribution < 1.29 is 9.59 Å². The van der Waals surface area contributed by atoms with Crippen molar-refractivity contribution in [2.75, 3.05) is 11.9 Å². The van der Waals surface area contributed by atoms with Crippen molar-refractivity contribution >= 4 is 17.5 Å². The van der Waals surface area contributed by atoms with Crippen LogP contribution in [0.25, 0.3) is 0 Å². The zero-order valence-corrected chi connectivity index (χ0v) is 15.7. The van der Waals surface area contributed by atoms with Crippen LogP contribution in [0, 0.1) is 12.8 Å². The van der Waals surface area contributed by atoms with Crippen molar-refractivity contribution in [2.24, 2.45) is 5.92 Å². The van der Waals surface area contributed by atoms with Gasteiger partial charge in [-0.05, 0) is 30.0 Å². The molecule has 1 saturated heterocycles. The second-order valence-corrected chi connectivity index (χ2v) is 7.39. The summed E-state index contributed by atoms with van der Waals surface area (Å²) in [5.41, 5.74) is 4.25. The van der Waals surface area contributed by atoms with Gasteiger partial charge < -0.3 is 10.2 Å². The minimum atomic E-state index is -0.298. The molecule has 1 atom stereocenters. The summed E-state index contributed by atoms with van der Waals surface area (Å²) >= 11 is 0. The molecular formula is C22H26N2O2. The van der Waals surface area contributed by atoms with E-state index >= 15 is 0 Å². The summed E-state index contributed by atoms with van der Waals surface area (Å²) in [5.74, 6) is 0.00337. The number of carbonyl (C=O) groups excluding carboxylic acids is 2. The number of aryl methyl sites for hydroxylation is 1. The van der Waals surface area contributed by atoms with E-state index in [2.05, 4.69) is 19.2 Å². The van der Waals surface area contributed by atoms with Crippen molar-refractivity contribution in [3.05, 3.63) is 65.2 Å². The Kier molecular flexibility index (Phi) is 5.40. The summed E-state index contributed by atoms with van der Waals surface area (Å²) in [5, 5.41) is 3.03. The van der Waals surface area contributed by atoms with Crippen LogP contribution in [0.2, 0.25) is 0 Å². The standard InChI is InChI=1S/C22H26N2O2/c1-15(2)19-6-4-5-7-20(19)23-22(26)18-12-21(25)24(14-18)13-17-10-8-16(3)9-11-17/h4-11,15,18H,12-14H2,1-3H3,(H,23,26). The SMILES string of the molecule is Cc1ccc(CN2CC(C(=O)Nc3ccccc3C(C)C)CC2=O)cc1. The highest BCUT2D eigenvalue weighted by molar-refractivity contribution is 5.97. The van der Waals surface area contributed by atoms with Crippen LogP contribution in [-0.4, -0.2) is 23.3 Å². The van der Waals surface area contributed by atoms with Crippen molar-refractivity contribution in [3.8, 4) is 0 Å². The van der Waals surface area contributed by atoms with E-state index < -0.39 is 0 Å². The summed E-state index contributed by atoms with van der Waals surface area (Å²) in [4.78, 5) is 26.8. The third-order valence-corrected chi connectivity index (χ3v) is 4.92. The lowest BCUT2D eigenvalue weighted by Gasteiger charge is -2.18. The zero-order chi connectivity index (χ0) is 18.7. The van der Waals surface area contributed by atoms with Crippen molar-refractivity contribution in [3.63, 3.8) is 0 Å². The van der Waals surface area contributed by atoms with Crippen molar-refractivity contribution in [1.82, 2.24) is 4.90 Å². The van der Waals surface area contributed by atoms with E-state index in [0.29, 0.717) is 19.0 Å². The number of carbonyl (C=O) groups is 2. The van der Waals surface area contributed by atoms with Gasteiger partial charge in [0.25, 0.3) is 0 Å². The fourth-order valence-corrected chi connectivity index (χ4v) is 3.36. The highest BCUT2D eigenvalue weighted by Crippen LogP contribution is 2.26. The van der Waals surface area contributed by atoms with Crippen LogP contribution in [0.3, 0.4) is 0 Å². The summed E-state index contributed by atoms with van der Waals surface area (Å²) < 4.78 is 0. The molecule has 3 rings (SSSR count). The topological polar surface area (TPSA) is 49.4 Å². The summed E-state index contributed by atoms with van der Waals surface area (Å²) in [6, 6.07) is 16.0. The van der Waals surface area contributed by atoms with Crippen LogP contribution in [-0.2, 0) is 16.1 Å². The molecule has 1 aliphatic heterocycles. The first-order valence-electron chi connectivity index (χ1n) is 9.17. The molecule has 1 N–H and O–H groups in total. The molecule has 136 valence electrons. The fraction of sp³-hybridized carbons (Fsp3) is 0.364. The quantitative estimate of drug-likeness (QED) is 0.882. The molecule has 0 saturated carbocycles. The average Bonchev–Trinajstić information content (AvgIpc) is 2.98. The third kappa shape index (κ3) is 4.13. The number of anilines is 1. The van der Waals surface area contributed by atoms with Gasteiger partial charge in [0.15, 0.2) is 0 Å². The molecule has 0 bridgehead atoms. The van der Waals surface area contributed by atoms with Gasteiger partial charge in [0.2, 0.25) is 11.8 Å². The molecule has 2 aromatic carbocycles. The van der Waals surface area contributed by atoms with Crippen LogP contribution in [0.15, 0.2) is 48.5 Å². The number of hydrogen-bond donors (Lipinski definition) is 1. The second kappa shape index (κ2) is 7.73. The number of amides is 2. The number of nitrogens with zero attached hydrogens (tertiary/aromatic N) is 1. The number of rotatable bonds is 5. The van der Waals surface area contributed by atoms with Gasteiger partial charge in [-0.3, -0.25) is 9.59 Å². The fourth-order valence-electron chi connectivity index (χ4n) is 3.36. The zero-order valence-electron chi connectivity index (χ0n) is 15.7. The summed E-state index contributed by atoms with van der Waals surface area (Å²) in [7, 11) is 0. The molecule has 26 heavy (non-hydrogen) atoms. The Morgan fingerprint density at radius 2 is 1.85 bits per heavy atom. The Labute approximate surface area is 155 Å². The Morgan fingerprint density at radius 3 is 2.54 bits per heavy atom. The van der Waals surface area contributed by atoms with E-state index in [1.807, 2.05) is 55.5 Å². The van der Waals surface area contributed by atoms with Crippen molar-refractivity contribution in [2.45, 2.75) is 39.7 Å². The maximum absolute atomic E-state index is 12.7. The molecule has 0 spiro atoms. The van der Waals surface area contributed by atoms with Gasteiger partial charge in [-0.1, -0.05) is 61.9 Å². The van der Waals surface area contributed by atoms with E-state index in [9.17, 15) is 9.59 Å². The highest BCUT2D eigenvalue weighted by Gasteiger charge is 2.34. The van der Waals surface area contributed by atoms with E-state index in [-0.39, 0.29) is 24.2 Å². The molecule has 2 amide bonds. The van der Waals surface area contributed by atoms with Crippen molar-refractivity contribution in [1.29, 1.82) is 0 Å². The van der Waals surface area contributed by atoms with E-state index in [1.54, 1.807) is 4.90 Å². The summed E-state index contributed by atoms with van der Waals surface area (Å²) in [6.07, 6.45) is 0.279. The molecular weight excluding hydrogens is 324 g/mol. The Bertz CT molecular complexity index is 796. The first kappa shape index (κ1) is 18.2. The molecule has 4 nitrogen and oxygen atoms in total. The Hall–Kier alpha value is -2.62. The molecule has 1 aliphatic rings. The van der Waals surface area contributed by atoms with E-state index in [1.165, 1.54) is 5.56 Å². The maximum atomic E-state index is 12.7. The Morgan fingerprint density at radius 1 is 1.15 bits per heavy atom. The minimum absolute atomic E-state index is 0.0443. The van der Waals surface area contributed by atoms with E-state index in [0.717, 1.165) is 16.8 Å². The lowest BCUT2D eigenvalue weighted by Crippen LogP contribution is -2.28. The van der Waals surface area contributed by atoms with Gasteiger partial charge in [0.05, 0.1) is 5.92 Å². The van der Waals surface area contributed by atoms with E-state index in [4.69, 9.17) is 0 Å². The largest absolute Gasteiger partial charge is 0.338 e. The molecule has 1 unspecified atom stereocenters. The molecule has 2 aromatic rings. The third-order valence-electron chi connectivity index (χ3n) is 4.92. The second-order valence-electron chi connectivity index (χ2n) is 7.39. The minimum Gasteiger partial charge on any atom is -0.338 e. The smallest absolute Gasteiger partial charge is 0.229 e. The predicted molar refractivity (Wildman–Crippen MR) is 104 cm³/mol. The number of hydrogen-bond acceptors (Lipinski definition) is 2. The van der Waals surface area contributed by atoms with Gasteiger partial charge in [0, 0.05) is 25.2 Å². The number of likely N-dealkylation sites (tertiary alicyclic amines) is 1. The van der Waals surface area contributed by atoms with Crippen LogP contribution in [0.4, 0.5) is 5.69 Å². The first-order valence-corrected chi connectivity index (χ1v) is 9.17. The maximum Gasteiger partial charge on any atom is 0.229 e. The van der Waals surface area contributed by atoms with Gasteiger partial charge in [-0.15, -0.1) is 0 Å². The van der Waals surface area contributed by atoms with Gasteiger partial charge in [-0.2, -0.15) is 0 Å². The van der Waals surface area contributed by atoms with Crippen LogP contribution >= 0.6 is 0 Å². The lowest BCUT2D eigenvalue weighted by atomic mass is 10.0. The van der Waals surface area contributed by atoms with Crippen LogP contribution < -0.4 is 5.32 Å². The van der Waals surface area contributed by atoms with Gasteiger partial charge >= 0.3 is 0 Å². The molecule has 0 radical (unpaired) electrons.